The summed E-state index contributed by atoms with van der Waals surface area (Å²) >= 11 is 0. The molecule has 0 atom stereocenters. The molecule has 0 radical (unpaired) electrons. The normalized spacial score (nSPS) is 16.9. The average molecular weight is 960 g/mol. The number of amides is 1. The number of carboxylic acids is 1. The first-order valence-corrected chi connectivity index (χ1v) is 26.0. The standard InChI is InChI=1S/C25H33N5O4S.C22H28N4O5S/c1-4-25(2,3)24-28-21-13-20(7-8-22(21)29(24)15-17-9-11-34-12-10-17)35(32,33)30-16-18(14-26-30)23(31)27-19-5-6-19;1-4-22(2,3)21-24-18-11-17(32(29,30)26-14-16(12-23-26)20(27)28)5-6-19(18)25(21)13-15-7-9-31-10-8-15/h7-8,13-14,16-17,19H,4-6,9-12,15H2,1-3H3,(H,27,31);5-6,11-12,14-15H,4,7-10,13H2,1-3H3,(H,27,28). The molecule has 20 heteroatoms. The van der Waals surface area contributed by atoms with E-state index in [1.165, 1.54) is 18.5 Å². The molecule has 0 spiro atoms. The van der Waals surface area contributed by atoms with Gasteiger partial charge in [-0.3, -0.25) is 4.79 Å². The van der Waals surface area contributed by atoms with Gasteiger partial charge >= 0.3 is 5.97 Å². The molecule has 6 heterocycles. The van der Waals surface area contributed by atoms with E-state index in [0.717, 1.165) is 130 Å². The highest BCUT2D eigenvalue weighted by Gasteiger charge is 2.32. The number of carbonyl (C=O) groups excluding carboxylic acids is 1. The van der Waals surface area contributed by atoms with E-state index < -0.39 is 26.0 Å². The lowest BCUT2D eigenvalue weighted by Gasteiger charge is -2.28. The summed E-state index contributed by atoms with van der Waals surface area (Å²) in [4.78, 5) is 33.3. The number of ether oxygens (including phenoxy) is 2. The van der Waals surface area contributed by atoms with Gasteiger partial charge in [-0.1, -0.05) is 41.5 Å². The number of benzene rings is 2. The van der Waals surface area contributed by atoms with Crippen molar-refractivity contribution < 1.29 is 41.0 Å². The number of aromatic carboxylic acids is 1. The van der Waals surface area contributed by atoms with E-state index in [-0.39, 0.29) is 43.7 Å². The van der Waals surface area contributed by atoms with Crippen LogP contribution in [-0.4, -0.2) is 104 Å². The van der Waals surface area contributed by atoms with E-state index in [9.17, 15) is 26.4 Å². The van der Waals surface area contributed by atoms with Gasteiger partial charge in [-0.15, -0.1) is 0 Å². The van der Waals surface area contributed by atoms with Crippen LogP contribution in [0.3, 0.4) is 0 Å². The minimum Gasteiger partial charge on any atom is -0.478 e. The fraction of sp³-hybridized carbons (Fsp3) is 0.532. The van der Waals surface area contributed by atoms with Crippen molar-refractivity contribution in [3.05, 3.63) is 84.0 Å². The van der Waals surface area contributed by atoms with Crippen LogP contribution in [0.15, 0.2) is 71.0 Å². The summed E-state index contributed by atoms with van der Waals surface area (Å²) in [5.74, 6) is 1.34. The Morgan fingerprint density at radius 2 is 1.09 bits per heavy atom. The van der Waals surface area contributed by atoms with Crippen molar-refractivity contribution in [1.29, 1.82) is 0 Å². The van der Waals surface area contributed by atoms with Crippen LogP contribution in [0.4, 0.5) is 0 Å². The number of rotatable bonds is 15. The maximum absolute atomic E-state index is 13.3. The van der Waals surface area contributed by atoms with Crippen LogP contribution < -0.4 is 5.32 Å². The summed E-state index contributed by atoms with van der Waals surface area (Å²) in [6, 6.07) is 10.1. The Morgan fingerprint density at radius 1 is 0.672 bits per heavy atom. The molecule has 1 saturated carbocycles. The Labute approximate surface area is 391 Å². The maximum atomic E-state index is 13.3. The second-order valence-electron chi connectivity index (χ2n) is 19.2. The third-order valence-corrected chi connectivity index (χ3v) is 16.7. The van der Waals surface area contributed by atoms with Gasteiger partial charge in [-0.05, 0) is 99.6 Å². The summed E-state index contributed by atoms with van der Waals surface area (Å²) in [7, 11) is -8.01. The summed E-state index contributed by atoms with van der Waals surface area (Å²) in [5.41, 5.74) is 2.76. The van der Waals surface area contributed by atoms with Crippen LogP contribution in [0.2, 0.25) is 0 Å². The summed E-state index contributed by atoms with van der Waals surface area (Å²) in [5, 5.41) is 19.6. The van der Waals surface area contributed by atoms with Gasteiger partial charge in [-0.2, -0.15) is 35.2 Å². The number of carbonyl (C=O) groups is 2. The molecule has 2 N–H and O–H groups in total. The fourth-order valence-electron chi connectivity index (χ4n) is 8.45. The molecule has 1 amide bonds. The molecular formula is C47H61N9O9S2. The lowest BCUT2D eigenvalue weighted by atomic mass is 9.89. The Hall–Kier alpha value is -5.44. The van der Waals surface area contributed by atoms with E-state index in [1.807, 2.05) is 6.07 Å². The lowest BCUT2D eigenvalue weighted by Crippen LogP contribution is -2.26. The molecule has 3 fully saturated rings. The summed E-state index contributed by atoms with van der Waals surface area (Å²) in [6.07, 6.45) is 12.3. The Kier molecular flexibility index (Phi) is 13.6. The van der Waals surface area contributed by atoms with Crippen molar-refractivity contribution in [3.63, 3.8) is 0 Å². The van der Waals surface area contributed by atoms with Crippen LogP contribution in [0.1, 0.15) is 125 Å². The van der Waals surface area contributed by atoms with Gasteiger partial charge in [0.05, 0.1) is 67.8 Å². The molecule has 2 aromatic carbocycles. The Morgan fingerprint density at radius 3 is 1.48 bits per heavy atom. The minimum absolute atomic E-state index is 0.0154. The second-order valence-corrected chi connectivity index (χ2v) is 22.8. The zero-order valence-electron chi connectivity index (χ0n) is 39.0. The molecule has 0 bridgehead atoms. The molecule has 6 aromatic rings. The van der Waals surface area contributed by atoms with Gasteiger partial charge in [0.15, 0.2) is 0 Å². The van der Waals surface area contributed by atoms with Crippen LogP contribution in [0.25, 0.3) is 22.1 Å². The molecule has 1 aliphatic carbocycles. The van der Waals surface area contributed by atoms with Gasteiger partial charge < -0.3 is 29.0 Å². The van der Waals surface area contributed by atoms with Crippen LogP contribution >= 0.6 is 0 Å². The van der Waals surface area contributed by atoms with Gasteiger partial charge in [0, 0.05) is 56.4 Å². The highest BCUT2D eigenvalue weighted by Crippen LogP contribution is 2.35. The molecule has 3 aliphatic rings. The first-order valence-electron chi connectivity index (χ1n) is 23.1. The largest absolute Gasteiger partial charge is 0.478 e. The minimum atomic E-state index is -4.04. The van der Waals surface area contributed by atoms with Crippen LogP contribution in [-0.2, 0) is 53.4 Å². The molecule has 360 valence electrons. The van der Waals surface area contributed by atoms with Crippen molar-refractivity contribution in [1.82, 2.24) is 42.8 Å². The third-order valence-electron chi connectivity index (χ3n) is 13.6. The van der Waals surface area contributed by atoms with E-state index >= 15 is 0 Å². The Bertz CT molecular complexity index is 3000. The summed E-state index contributed by atoms with van der Waals surface area (Å²) < 4.78 is 69.8. The SMILES string of the molecule is CCC(C)(C)c1nc2cc(S(=O)(=O)n3cc(C(=O)NC4CC4)cn3)ccc2n1CC1CCOCC1.CCC(C)(C)c1nc2cc(S(=O)(=O)n3cc(C(=O)O)cn3)ccc2n1CC1CCOCC1. The average Bonchev–Trinajstić information content (AvgIpc) is 3.72. The molecular weight excluding hydrogens is 899 g/mol. The topological polar surface area (TPSA) is 224 Å². The quantitative estimate of drug-likeness (QED) is 0.109. The van der Waals surface area contributed by atoms with E-state index in [4.69, 9.17) is 24.5 Å². The number of nitrogens with one attached hydrogen (secondary N) is 1. The molecule has 4 aromatic heterocycles. The van der Waals surface area contributed by atoms with Crippen molar-refractivity contribution in [3.8, 4) is 0 Å². The van der Waals surface area contributed by atoms with Crippen molar-refractivity contribution in [2.24, 2.45) is 11.8 Å². The predicted octanol–water partition coefficient (Wildman–Crippen LogP) is 6.76. The van der Waals surface area contributed by atoms with Crippen molar-refractivity contribution >= 4 is 54.0 Å². The molecule has 18 nitrogen and oxygen atoms in total. The number of aromatic nitrogens is 8. The van der Waals surface area contributed by atoms with Crippen LogP contribution in [0.5, 0.6) is 0 Å². The molecule has 2 saturated heterocycles. The number of fused-ring (bicyclic) bond motifs is 2. The fourth-order valence-corrected chi connectivity index (χ4v) is 10.7. The zero-order chi connectivity index (χ0) is 47.9. The smallest absolute Gasteiger partial charge is 0.338 e. The highest BCUT2D eigenvalue weighted by atomic mass is 32.2. The monoisotopic (exact) mass is 959 g/mol. The first-order chi connectivity index (χ1) is 31.8. The lowest BCUT2D eigenvalue weighted by molar-refractivity contribution is 0.0609. The van der Waals surface area contributed by atoms with Gasteiger partial charge in [0.2, 0.25) is 0 Å². The molecule has 9 rings (SSSR count). The molecule has 0 unspecified atom stereocenters. The van der Waals surface area contributed by atoms with E-state index in [1.54, 1.807) is 24.3 Å². The zero-order valence-corrected chi connectivity index (χ0v) is 40.6. The van der Waals surface area contributed by atoms with E-state index in [2.05, 4.69) is 66.2 Å². The Balaban J connectivity index is 0.000000182. The van der Waals surface area contributed by atoms with Gasteiger partial charge in [0.25, 0.3) is 26.0 Å². The second kappa shape index (κ2) is 18.9. The van der Waals surface area contributed by atoms with E-state index in [0.29, 0.717) is 27.0 Å². The molecule has 67 heavy (non-hydrogen) atoms. The predicted molar refractivity (Wildman–Crippen MR) is 250 cm³/mol. The molecule has 2 aliphatic heterocycles. The highest BCUT2D eigenvalue weighted by molar-refractivity contribution is 7.90. The number of hydrogen-bond acceptors (Lipinski definition) is 12. The number of hydrogen-bond donors (Lipinski definition) is 2. The first kappa shape index (κ1) is 48.0. The van der Waals surface area contributed by atoms with Gasteiger partial charge in [0.1, 0.15) is 11.6 Å². The maximum Gasteiger partial charge on any atom is 0.338 e. The van der Waals surface area contributed by atoms with Crippen molar-refractivity contribution in [2.45, 2.75) is 133 Å². The van der Waals surface area contributed by atoms with Crippen molar-refractivity contribution in [2.75, 3.05) is 26.4 Å². The van der Waals surface area contributed by atoms with Crippen LogP contribution in [0, 0.1) is 11.8 Å². The third kappa shape index (κ3) is 10.1. The number of imidazole rings is 2. The van der Waals surface area contributed by atoms with Gasteiger partial charge in [-0.25, -0.2) is 14.8 Å². The number of carboxylic acid groups (broad SMARTS) is 1. The number of nitrogens with zero attached hydrogens (tertiary/aromatic N) is 8. The summed E-state index contributed by atoms with van der Waals surface area (Å²) in [6.45, 7) is 17.6.